The molecule has 0 aliphatic carbocycles. The summed E-state index contributed by atoms with van der Waals surface area (Å²) in [6.45, 7) is 1.47. The maximum absolute atomic E-state index is 12.5. The Hall–Kier alpha value is -2.93. The topological polar surface area (TPSA) is 71.3 Å². The van der Waals surface area contributed by atoms with Crippen LogP contribution in [0.2, 0.25) is 0 Å². The number of aromatic nitrogens is 2. The molecule has 1 aliphatic rings. The van der Waals surface area contributed by atoms with Gasteiger partial charge < -0.3 is 14.6 Å². The quantitative estimate of drug-likeness (QED) is 0.669. The summed E-state index contributed by atoms with van der Waals surface area (Å²) in [6.07, 6.45) is 8.65. The Labute approximate surface area is 161 Å². The van der Waals surface area contributed by atoms with Gasteiger partial charge in [0.15, 0.2) is 5.13 Å². The van der Waals surface area contributed by atoms with Crippen molar-refractivity contribution in [2.75, 3.05) is 18.4 Å². The van der Waals surface area contributed by atoms with Gasteiger partial charge >= 0.3 is 0 Å². The lowest BCUT2D eigenvalue weighted by molar-refractivity contribution is -0.127. The molecule has 1 amide bonds. The van der Waals surface area contributed by atoms with Gasteiger partial charge in [-0.25, -0.2) is 9.97 Å². The molecule has 0 bridgehead atoms. The molecule has 1 saturated heterocycles. The Morgan fingerprint density at radius 2 is 2.30 bits per heavy atom. The molecule has 4 heterocycles. The third-order valence-corrected chi connectivity index (χ3v) is 5.28. The number of amides is 1. The van der Waals surface area contributed by atoms with Gasteiger partial charge in [0.1, 0.15) is 11.6 Å². The van der Waals surface area contributed by atoms with Crippen molar-refractivity contribution < 1.29 is 9.21 Å². The molecule has 0 aromatic carbocycles. The number of carbonyl (C=O) groups is 1. The van der Waals surface area contributed by atoms with Crippen LogP contribution in [0.4, 0.5) is 10.9 Å². The Balaban J connectivity index is 1.39. The van der Waals surface area contributed by atoms with E-state index in [1.807, 2.05) is 29.2 Å². The van der Waals surface area contributed by atoms with Gasteiger partial charge in [-0.2, -0.15) is 0 Å². The van der Waals surface area contributed by atoms with Crippen molar-refractivity contribution in [1.29, 1.82) is 0 Å². The summed E-state index contributed by atoms with van der Waals surface area (Å²) in [7, 11) is 0. The van der Waals surface area contributed by atoms with Gasteiger partial charge in [0.25, 0.3) is 0 Å². The second-order valence-electron chi connectivity index (χ2n) is 6.39. The first-order valence-electron chi connectivity index (χ1n) is 8.92. The minimum atomic E-state index is 0.0122. The highest BCUT2D eigenvalue weighted by molar-refractivity contribution is 7.13. The fourth-order valence-corrected chi connectivity index (χ4v) is 3.94. The summed E-state index contributed by atoms with van der Waals surface area (Å²) < 4.78 is 5.24. The van der Waals surface area contributed by atoms with E-state index in [0.29, 0.717) is 12.3 Å². The minimum absolute atomic E-state index is 0.0122. The highest BCUT2D eigenvalue weighted by Crippen LogP contribution is 2.30. The smallest absolute Gasteiger partial charge is 0.246 e. The van der Waals surface area contributed by atoms with E-state index >= 15 is 0 Å². The summed E-state index contributed by atoms with van der Waals surface area (Å²) in [5, 5.41) is 6.12. The Kier molecular flexibility index (Phi) is 5.29. The maximum atomic E-state index is 12.5. The number of thiazole rings is 1. The number of pyridine rings is 1. The van der Waals surface area contributed by atoms with Crippen LogP contribution in [0, 0.1) is 0 Å². The number of furan rings is 1. The molecular formula is C20H20N4O2S. The van der Waals surface area contributed by atoms with E-state index in [-0.39, 0.29) is 11.8 Å². The monoisotopic (exact) mass is 380 g/mol. The molecule has 27 heavy (non-hydrogen) atoms. The summed E-state index contributed by atoms with van der Waals surface area (Å²) in [6, 6.07) is 9.36. The zero-order valence-electron chi connectivity index (χ0n) is 14.7. The van der Waals surface area contributed by atoms with E-state index in [9.17, 15) is 4.79 Å². The molecule has 0 spiro atoms. The number of nitrogens with one attached hydrogen (secondary N) is 1. The predicted molar refractivity (Wildman–Crippen MR) is 106 cm³/mol. The third-order valence-electron chi connectivity index (χ3n) is 4.51. The van der Waals surface area contributed by atoms with Crippen LogP contribution in [-0.4, -0.2) is 33.9 Å². The molecule has 1 aliphatic heterocycles. The lowest BCUT2D eigenvalue weighted by Crippen LogP contribution is -2.38. The molecule has 4 rings (SSSR count). The average Bonchev–Trinajstić information content (AvgIpc) is 3.39. The van der Waals surface area contributed by atoms with Crippen molar-refractivity contribution in [1.82, 2.24) is 14.9 Å². The first-order valence-corrected chi connectivity index (χ1v) is 9.80. The highest BCUT2D eigenvalue weighted by Gasteiger charge is 2.25. The lowest BCUT2D eigenvalue weighted by atomic mass is 9.95. The van der Waals surface area contributed by atoms with Crippen molar-refractivity contribution in [3.63, 3.8) is 0 Å². The summed E-state index contributed by atoms with van der Waals surface area (Å²) in [4.78, 5) is 23.3. The van der Waals surface area contributed by atoms with Gasteiger partial charge in [0, 0.05) is 36.7 Å². The van der Waals surface area contributed by atoms with Gasteiger partial charge in [0.2, 0.25) is 5.91 Å². The van der Waals surface area contributed by atoms with Crippen LogP contribution in [0.15, 0.2) is 58.7 Å². The van der Waals surface area contributed by atoms with Gasteiger partial charge in [-0.05, 0) is 43.2 Å². The van der Waals surface area contributed by atoms with Gasteiger partial charge in [-0.3, -0.25) is 4.79 Å². The largest absolute Gasteiger partial charge is 0.465 e. The van der Waals surface area contributed by atoms with Crippen LogP contribution in [0.25, 0.3) is 6.08 Å². The molecule has 3 aromatic rings. The third kappa shape index (κ3) is 4.43. The number of rotatable bonds is 5. The van der Waals surface area contributed by atoms with Gasteiger partial charge in [-0.15, -0.1) is 11.3 Å². The number of hydrogen-bond donors (Lipinski definition) is 1. The van der Waals surface area contributed by atoms with E-state index in [4.69, 9.17) is 9.40 Å². The van der Waals surface area contributed by atoms with E-state index in [0.717, 1.165) is 36.0 Å². The fourth-order valence-electron chi connectivity index (χ4n) is 3.14. The van der Waals surface area contributed by atoms with Crippen LogP contribution in [-0.2, 0) is 4.79 Å². The first kappa shape index (κ1) is 17.5. The van der Waals surface area contributed by atoms with Crippen molar-refractivity contribution in [2.24, 2.45) is 0 Å². The molecule has 1 N–H and O–H groups in total. The molecule has 1 unspecified atom stereocenters. The molecule has 1 atom stereocenters. The molecule has 3 aromatic heterocycles. The first-order chi connectivity index (χ1) is 13.3. The molecule has 7 heteroatoms. The van der Waals surface area contributed by atoms with Crippen molar-refractivity contribution in [2.45, 2.75) is 18.8 Å². The fraction of sp³-hybridized carbons (Fsp3) is 0.250. The van der Waals surface area contributed by atoms with Crippen LogP contribution in [0.1, 0.15) is 30.2 Å². The van der Waals surface area contributed by atoms with Gasteiger partial charge in [-0.1, -0.05) is 6.07 Å². The zero-order chi connectivity index (χ0) is 18.5. The Morgan fingerprint density at radius 3 is 3.11 bits per heavy atom. The van der Waals surface area contributed by atoms with Gasteiger partial charge in [0.05, 0.1) is 12.0 Å². The van der Waals surface area contributed by atoms with Crippen LogP contribution >= 0.6 is 11.3 Å². The molecule has 0 radical (unpaired) electrons. The Morgan fingerprint density at radius 1 is 1.33 bits per heavy atom. The molecule has 6 nitrogen and oxygen atoms in total. The summed E-state index contributed by atoms with van der Waals surface area (Å²) in [5.41, 5.74) is 1.03. The number of likely N-dealkylation sites (tertiary alicyclic amines) is 1. The second kappa shape index (κ2) is 8.18. The number of nitrogens with zero attached hydrogens (tertiary/aromatic N) is 3. The lowest BCUT2D eigenvalue weighted by Gasteiger charge is -2.31. The van der Waals surface area contributed by atoms with Crippen LogP contribution in [0.3, 0.4) is 0 Å². The number of hydrogen-bond acceptors (Lipinski definition) is 6. The summed E-state index contributed by atoms with van der Waals surface area (Å²) >= 11 is 1.56. The van der Waals surface area contributed by atoms with E-state index in [2.05, 4.69) is 15.7 Å². The predicted octanol–water partition coefficient (Wildman–Crippen LogP) is 4.29. The summed E-state index contributed by atoms with van der Waals surface area (Å²) in [5.74, 6) is 1.73. The number of piperidine rings is 1. The van der Waals surface area contributed by atoms with Crippen molar-refractivity contribution in [3.05, 3.63) is 65.7 Å². The standard InChI is InChI=1S/C20H20N4O2S/c25-19(9-8-16-6-4-12-26-16)24-11-3-5-15(13-24)17-14-27-20(22-17)23-18-7-1-2-10-21-18/h1-2,4,6-10,12,14-15H,3,5,11,13H2,(H,21,22,23)/b9-8+. The molecule has 138 valence electrons. The average molecular weight is 380 g/mol. The van der Waals surface area contributed by atoms with Crippen molar-refractivity contribution >= 4 is 34.3 Å². The SMILES string of the molecule is O=C(/C=C/c1ccco1)N1CCCC(c2csc(Nc3ccccn3)n2)C1. The number of carbonyl (C=O) groups excluding carboxylic acids is 1. The van der Waals surface area contributed by atoms with E-state index in [1.165, 1.54) is 0 Å². The highest BCUT2D eigenvalue weighted by atomic mass is 32.1. The number of anilines is 2. The Bertz CT molecular complexity index is 905. The second-order valence-corrected chi connectivity index (χ2v) is 7.25. The van der Waals surface area contributed by atoms with E-state index in [1.54, 1.807) is 42.0 Å². The maximum Gasteiger partial charge on any atom is 0.246 e. The molecule has 0 saturated carbocycles. The molecule has 1 fully saturated rings. The molecular weight excluding hydrogens is 360 g/mol. The van der Waals surface area contributed by atoms with Crippen molar-refractivity contribution in [3.8, 4) is 0 Å². The van der Waals surface area contributed by atoms with E-state index < -0.39 is 0 Å². The zero-order valence-corrected chi connectivity index (χ0v) is 15.6. The van der Waals surface area contributed by atoms with Crippen LogP contribution in [0.5, 0.6) is 0 Å². The minimum Gasteiger partial charge on any atom is -0.465 e. The van der Waals surface area contributed by atoms with Crippen LogP contribution < -0.4 is 5.32 Å². The normalized spacial score (nSPS) is 17.3.